The van der Waals surface area contributed by atoms with Crippen molar-refractivity contribution in [3.05, 3.63) is 0 Å². The molecule has 2 rings (SSSR count). The molecule has 2 amide bonds. The molecule has 2 aliphatic rings. The fourth-order valence-electron chi connectivity index (χ4n) is 1.86. The standard InChI is InChI=1S/C6H9NO2.C6H8O2S/c1-4-3-5(8)7(2)6(4)9;1-9-6-3-4(7)2-5(6)8/h4H,3H2,1-2H3;6H,2-3H2,1H3. The first-order valence-electron chi connectivity index (χ1n) is 5.74. The normalized spacial score (nSPS) is 27.6. The van der Waals surface area contributed by atoms with Gasteiger partial charge >= 0.3 is 0 Å². The molecule has 6 heteroatoms. The van der Waals surface area contributed by atoms with Gasteiger partial charge in [-0.3, -0.25) is 24.1 Å². The van der Waals surface area contributed by atoms with Gasteiger partial charge in [0.15, 0.2) is 5.78 Å². The molecule has 0 aromatic heterocycles. The van der Waals surface area contributed by atoms with Gasteiger partial charge in [-0.25, -0.2) is 0 Å². The van der Waals surface area contributed by atoms with Gasteiger partial charge in [0.25, 0.3) is 0 Å². The number of hydrogen-bond acceptors (Lipinski definition) is 5. The number of carbonyl (C=O) groups excluding carboxylic acids is 4. The molecule has 0 aromatic rings. The number of thioether (sulfide) groups is 1. The van der Waals surface area contributed by atoms with Crippen molar-refractivity contribution in [2.75, 3.05) is 13.3 Å². The Morgan fingerprint density at radius 3 is 1.94 bits per heavy atom. The molecule has 1 saturated heterocycles. The molecule has 2 fully saturated rings. The smallest absolute Gasteiger partial charge is 0.232 e. The molecule has 1 saturated carbocycles. The highest BCUT2D eigenvalue weighted by Gasteiger charge is 2.32. The van der Waals surface area contributed by atoms with E-state index in [-0.39, 0.29) is 41.0 Å². The first kappa shape index (κ1) is 14.9. The lowest BCUT2D eigenvalue weighted by molar-refractivity contribution is -0.137. The Bertz CT molecular complexity index is 392. The van der Waals surface area contributed by atoms with Gasteiger partial charge in [-0.1, -0.05) is 6.92 Å². The summed E-state index contributed by atoms with van der Waals surface area (Å²) in [7, 11) is 1.52. The molecule has 0 aromatic carbocycles. The highest BCUT2D eigenvalue weighted by atomic mass is 32.2. The van der Waals surface area contributed by atoms with E-state index in [2.05, 4.69) is 0 Å². The van der Waals surface area contributed by atoms with Crippen molar-refractivity contribution in [3.8, 4) is 0 Å². The van der Waals surface area contributed by atoms with E-state index in [0.29, 0.717) is 12.8 Å². The van der Waals surface area contributed by atoms with E-state index in [1.807, 2.05) is 6.26 Å². The maximum absolute atomic E-state index is 10.8. The van der Waals surface area contributed by atoms with E-state index >= 15 is 0 Å². The Hall–Kier alpha value is -1.17. The van der Waals surface area contributed by atoms with Crippen LogP contribution in [0.2, 0.25) is 0 Å². The first-order valence-corrected chi connectivity index (χ1v) is 7.03. The van der Waals surface area contributed by atoms with Gasteiger partial charge < -0.3 is 0 Å². The number of ketones is 2. The molecule has 1 aliphatic carbocycles. The van der Waals surface area contributed by atoms with Gasteiger partial charge in [-0.05, 0) is 6.26 Å². The number of carbonyl (C=O) groups is 4. The Balaban J connectivity index is 0.000000180. The van der Waals surface area contributed by atoms with Crippen LogP contribution in [0.5, 0.6) is 0 Å². The maximum atomic E-state index is 10.8. The summed E-state index contributed by atoms with van der Waals surface area (Å²) in [5.41, 5.74) is 0. The number of Topliss-reactive ketones (excluding diaryl/α,β-unsaturated/α-hetero) is 2. The summed E-state index contributed by atoms with van der Waals surface area (Å²) in [6.45, 7) is 1.77. The van der Waals surface area contributed by atoms with Crippen LogP contribution in [-0.2, 0) is 19.2 Å². The number of hydrogen-bond donors (Lipinski definition) is 0. The molecule has 0 spiro atoms. The summed E-state index contributed by atoms with van der Waals surface area (Å²) < 4.78 is 0. The average molecular weight is 271 g/mol. The monoisotopic (exact) mass is 271 g/mol. The van der Waals surface area contributed by atoms with E-state index in [9.17, 15) is 19.2 Å². The Labute approximate surface area is 110 Å². The molecule has 0 radical (unpaired) electrons. The van der Waals surface area contributed by atoms with E-state index < -0.39 is 0 Å². The number of amides is 2. The van der Waals surface area contributed by atoms with Gasteiger partial charge in [0, 0.05) is 25.8 Å². The molecule has 1 heterocycles. The van der Waals surface area contributed by atoms with Crippen molar-refractivity contribution in [2.24, 2.45) is 5.92 Å². The average Bonchev–Trinajstić information content (AvgIpc) is 2.75. The van der Waals surface area contributed by atoms with Crippen LogP contribution in [0.4, 0.5) is 0 Å². The molecular formula is C12H17NO4S. The van der Waals surface area contributed by atoms with Crippen molar-refractivity contribution in [1.82, 2.24) is 4.90 Å². The summed E-state index contributed by atoms with van der Waals surface area (Å²) >= 11 is 1.47. The van der Waals surface area contributed by atoms with E-state index in [1.165, 1.54) is 23.7 Å². The van der Waals surface area contributed by atoms with E-state index in [4.69, 9.17) is 0 Å². The molecule has 0 bridgehead atoms. The van der Waals surface area contributed by atoms with Crippen molar-refractivity contribution in [3.63, 3.8) is 0 Å². The minimum Gasteiger partial charge on any atom is -0.299 e. The molecule has 100 valence electrons. The third-order valence-corrected chi connectivity index (χ3v) is 4.03. The zero-order valence-electron chi connectivity index (χ0n) is 10.8. The number of rotatable bonds is 1. The fourth-order valence-corrected chi connectivity index (χ4v) is 2.55. The second-order valence-electron chi connectivity index (χ2n) is 4.51. The molecule has 0 N–H and O–H groups in total. The molecule has 2 unspecified atom stereocenters. The Morgan fingerprint density at radius 2 is 1.78 bits per heavy atom. The predicted octanol–water partition coefficient (Wildman–Crippen LogP) is 0.661. The van der Waals surface area contributed by atoms with Crippen LogP contribution in [0.15, 0.2) is 0 Å². The number of likely N-dealkylation sites (tertiary alicyclic amines) is 1. The lowest BCUT2D eigenvalue weighted by Gasteiger charge is -2.03. The van der Waals surface area contributed by atoms with Gasteiger partial charge in [0.1, 0.15) is 5.78 Å². The van der Waals surface area contributed by atoms with Crippen LogP contribution in [0.25, 0.3) is 0 Å². The summed E-state index contributed by atoms with van der Waals surface area (Å²) in [5.74, 6) is -0.0122. The largest absolute Gasteiger partial charge is 0.299 e. The molecular weight excluding hydrogens is 254 g/mol. The van der Waals surface area contributed by atoms with Gasteiger partial charge in [-0.15, -0.1) is 0 Å². The SMILES string of the molecule is CC1CC(=O)N(C)C1=O.CSC1CC(=O)CC1=O. The molecule has 18 heavy (non-hydrogen) atoms. The van der Waals surface area contributed by atoms with Crippen molar-refractivity contribution < 1.29 is 19.2 Å². The highest BCUT2D eigenvalue weighted by Crippen LogP contribution is 2.21. The second kappa shape index (κ2) is 6.13. The van der Waals surface area contributed by atoms with Crippen molar-refractivity contribution in [1.29, 1.82) is 0 Å². The van der Waals surface area contributed by atoms with Gasteiger partial charge in [-0.2, -0.15) is 11.8 Å². The quantitative estimate of drug-likeness (QED) is 0.517. The van der Waals surface area contributed by atoms with Crippen molar-refractivity contribution in [2.45, 2.75) is 31.4 Å². The summed E-state index contributed by atoms with van der Waals surface area (Å²) in [6.07, 6.45) is 2.88. The topological polar surface area (TPSA) is 71.5 Å². The maximum Gasteiger partial charge on any atom is 0.232 e. The fraction of sp³-hybridized carbons (Fsp3) is 0.667. The highest BCUT2D eigenvalue weighted by molar-refractivity contribution is 8.00. The number of imide groups is 1. The van der Waals surface area contributed by atoms with Gasteiger partial charge in [0.2, 0.25) is 11.8 Å². The number of nitrogens with zero attached hydrogens (tertiary/aromatic N) is 1. The Kier molecular flexibility index (Phi) is 5.07. The Morgan fingerprint density at radius 1 is 1.17 bits per heavy atom. The molecule has 5 nitrogen and oxygen atoms in total. The van der Waals surface area contributed by atoms with Crippen LogP contribution < -0.4 is 0 Å². The summed E-state index contributed by atoms with van der Waals surface area (Å²) in [4.78, 5) is 44.1. The minimum atomic E-state index is -0.0949. The van der Waals surface area contributed by atoms with Gasteiger partial charge in [0.05, 0.1) is 11.7 Å². The second-order valence-corrected chi connectivity index (χ2v) is 5.55. The van der Waals surface area contributed by atoms with Crippen LogP contribution in [0.1, 0.15) is 26.2 Å². The van der Waals surface area contributed by atoms with Crippen LogP contribution >= 0.6 is 11.8 Å². The molecule has 2 atom stereocenters. The predicted molar refractivity (Wildman–Crippen MR) is 68.1 cm³/mol. The minimum absolute atomic E-state index is 0.0301. The lowest BCUT2D eigenvalue weighted by Crippen LogP contribution is -2.24. The van der Waals surface area contributed by atoms with Crippen LogP contribution in [0, 0.1) is 5.92 Å². The van der Waals surface area contributed by atoms with Crippen molar-refractivity contribution >= 4 is 35.1 Å². The third-order valence-electron chi connectivity index (χ3n) is 3.04. The van der Waals surface area contributed by atoms with Crippen LogP contribution in [0.3, 0.4) is 0 Å². The van der Waals surface area contributed by atoms with E-state index in [1.54, 1.807) is 6.92 Å². The summed E-state index contributed by atoms with van der Waals surface area (Å²) in [5, 5.41) is -0.0301. The first-order chi connectivity index (χ1) is 8.36. The molecule has 1 aliphatic heterocycles. The van der Waals surface area contributed by atoms with Crippen LogP contribution in [-0.4, -0.2) is 46.8 Å². The summed E-state index contributed by atoms with van der Waals surface area (Å²) in [6, 6.07) is 0. The zero-order valence-corrected chi connectivity index (χ0v) is 11.6. The van der Waals surface area contributed by atoms with E-state index in [0.717, 1.165) is 0 Å². The third kappa shape index (κ3) is 3.41. The zero-order chi connectivity index (χ0) is 13.9. The lowest BCUT2D eigenvalue weighted by atomic mass is 10.1.